The number of benzene rings is 1. The Morgan fingerprint density at radius 3 is 2.24 bits per heavy atom. The molecule has 0 fully saturated rings. The van der Waals surface area contributed by atoms with E-state index in [1.807, 2.05) is 6.92 Å². The van der Waals surface area contributed by atoms with Gasteiger partial charge in [-0.15, -0.1) is 0 Å². The Labute approximate surface area is 123 Å². The summed E-state index contributed by atoms with van der Waals surface area (Å²) in [7, 11) is 2.49. The number of methoxy groups -OCH3 is 2. The molecule has 116 valence electrons. The largest absolute Gasteiger partial charge is 0.491 e. The highest BCUT2D eigenvalue weighted by Gasteiger charge is 2.19. The predicted molar refractivity (Wildman–Crippen MR) is 75.7 cm³/mol. The van der Waals surface area contributed by atoms with Crippen molar-refractivity contribution >= 4 is 11.9 Å². The minimum Gasteiger partial charge on any atom is -0.491 e. The number of ether oxygens (including phenoxy) is 4. The summed E-state index contributed by atoms with van der Waals surface area (Å²) in [6, 6.07) is 4.52. The van der Waals surface area contributed by atoms with E-state index in [2.05, 4.69) is 9.47 Å². The number of carbonyl (C=O) groups excluding carboxylic acids is 2. The van der Waals surface area contributed by atoms with Crippen LogP contribution in [0.15, 0.2) is 18.2 Å². The van der Waals surface area contributed by atoms with E-state index in [0.717, 1.165) is 6.42 Å². The van der Waals surface area contributed by atoms with Gasteiger partial charge in [0.05, 0.1) is 32.0 Å². The summed E-state index contributed by atoms with van der Waals surface area (Å²) in [4.78, 5) is 23.3. The monoisotopic (exact) mass is 296 g/mol. The molecule has 0 heterocycles. The number of rotatable bonds is 8. The smallest absolute Gasteiger partial charge is 0.338 e. The molecular weight excluding hydrogens is 276 g/mol. The third-order valence-corrected chi connectivity index (χ3v) is 2.65. The first kappa shape index (κ1) is 17.0. The SMILES string of the molecule is CCCOCCOc1ccc(C(=O)OC)c(C(=O)OC)c1. The van der Waals surface area contributed by atoms with Crippen LogP contribution in [-0.2, 0) is 14.2 Å². The van der Waals surface area contributed by atoms with Crippen molar-refractivity contribution < 1.29 is 28.5 Å². The van der Waals surface area contributed by atoms with Gasteiger partial charge >= 0.3 is 11.9 Å². The molecule has 0 spiro atoms. The van der Waals surface area contributed by atoms with Crippen LogP contribution in [0.3, 0.4) is 0 Å². The van der Waals surface area contributed by atoms with Crippen molar-refractivity contribution in [1.29, 1.82) is 0 Å². The second-order valence-electron chi connectivity index (χ2n) is 4.15. The zero-order valence-electron chi connectivity index (χ0n) is 12.5. The first-order valence-corrected chi connectivity index (χ1v) is 6.65. The lowest BCUT2D eigenvalue weighted by Crippen LogP contribution is -2.13. The molecule has 0 aliphatic carbocycles. The highest BCUT2D eigenvalue weighted by Crippen LogP contribution is 2.19. The fourth-order valence-corrected chi connectivity index (χ4v) is 1.64. The Morgan fingerprint density at radius 1 is 0.952 bits per heavy atom. The molecule has 21 heavy (non-hydrogen) atoms. The van der Waals surface area contributed by atoms with Crippen LogP contribution in [-0.4, -0.2) is 46.0 Å². The Hall–Kier alpha value is -2.08. The molecule has 0 atom stereocenters. The van der Waals surface area contributed by atoms with Gasteiger partial charge in [0, 0.05) is 6.61 Å². The number of carbonyl (C=O) groups is 2. The zero-order valence-corrected chi connectivity index (χ0v) is 12.5. The Kier molecular flexibility index (Phi) is 7.25. The molecule has 1 aromatic carbocycles. The summed E-state index contributed by atoms with van der Waals surface area (Å²) in [5.74, 6) is -0.764. The van der Waals surface area contributed by atoms with Crippen molar-refractivity contribution in [3.05, 3.63) is 29.3 Å². The van der Waals surface area contributed by atoms with Gasteiger partial charge in [0.2, 0.25) is 0 Å². The molecule has 0 unspecified atom stereocenters. The summed E-state index contributed by atoms with van der Waals surface area (Å²) >= 11 is 0. The van der Waals surface area contributed by atoms with Gasteiger partial charge in [0.1, 0.15) is 12.4 Å². The Morgan fingerprint density at radius 2 is 1.62 bits per heavy atom. The minimum atomic E-state index is -0.622. The second-order valence-corrected chi connectivity index (χ2v) is 4.15. The summed E-state index contributed by atoms with van der Waals surface area (Å²) in [5, 5.41) is 0. The van der Waals surface area contributed by atoms with Crippen molar-refractivity contribution in [3.63, 3.8) is 0 Å². The standard InChI is InChI=1S/C15H20O6/c1-4-7-20-8-9-21-11-5-6-12(14(16)18-2)13(10-11)15(17)19-3/h5-6,10H,4,7-9H2,1-3H3. The quantitative estimate of drug-likeness (QED) is 0.540. The van der Waals surface area contributed by atoms with Crippen LogP contribution in [0.4, 0.5) is 0 Å². The first-order valence-electron chi connectivity index (χ1n) is 6.65. The van der Waals surface area contributed by atoms with Gasteiger partial charge in [-0.2, -0.15) is 0 Å². The van der Waals surface area contributed by atoms with Gasteiger partial charge in [0.25, 0.3) is 0 Å². The van der Waals surface area contributed by atoms with Crippen LogP contribution in [0, 0.1) is 0 Å². The molecule has 0 bridgehead atoms. The van der Waals surface area contributed by atoms with Gasteiger partial charge in [-0.05, 0) is 24.6 Å². The third kappa shape index (κ3) is 5.07. The average Bonchev–Trinajstić information content (AvgIpc) is 2.53. The molecule has 0 radical (unpaired) electrons. The van der Waals surface area contributed by atoms with Crippen LogP contribution in [0.25, 0.3) is 0 Å². The van der Waals surface area contributed by atoms with E-state index in [4.69, 9.17) is 9.47 Å². The molecule has 6 nitrogen and oxygen atoms in total. The van der Waals surface area contributed by atoms with E-state index < -0.39 is 11.9 Å². The van der Waals surface area contributed by atoms with Gasteiger partial charge in [-0.3, -0.25) is 0 Å². The molecule has 1 rings (SSSR count). The van der Waals surface area contributed by atoms with Crippen molar-refractivity contribution in [1.82, 2.24) is 0 Å². The summed E-state index contributed by atoms with van der Waals surface area (Å²) in [6.45, 7) is 3.52. The topological polar surface area (TPSA) is 71.1 Å². The second kappa shape index (κ2) is 8.97. The molecule has 6 heteroatoms. The fraction of sp³-hybridized carbons (Fsp3) is 0.467. The predicted octanol–water partition coefficient (Wildman–Crippen LogP) is 2.07. The molecule has 0 saturated carbocycles. The third-order valence-electron chi connectivity index (χ3n) is 2.65. The van der Waals surface area contributed by atoms with Crippen LogP contribution in [0.5, 0.6) is 5.75 Å². The molecule has 0 aliphatic heterocycles. The van der Waals surface area contributed by atoms with Crippen molar-refractivity contribution in [2.75, 3.05) is 34.0 Å². The van der Waals surface area contributed by atoms with E-state index in [0.29, 0.717) is 25.6 Å². The lowest BCUT2D eigenvalue weighted by Gasteiger charge is -2.10. The number of hydrogen-bond donors (Lipinski definition) is 0. The maximum atomic E-state index is 11.7. The van der Waals surface area contributed by atoms with Crippen molar-refractivity contribution in [2.24, 2.45) is 0 Å². The molecule has 0 aliphatic rings. The van der Waals surface area contributed by atoms with E-state index in [1.54, 1.807) is 6.07 Å². The molecule has 0 N–H and O–H groups in total. The van der Waals surface area contributed by atoms with Crippen LogP contribution < -0.4 is 4.74 Å². The average molecular weight is 296 g/mol. The van der Waals surface area contributed by atoms with E-state index in [1.165, 1.54) is 26.4 Å². The Bertz CT molecular complexity index is 483. The normalized spacial score (nSPS) is 10.0. The zero-order chi connectivity index (χ0) is 15.7. The van der Waals surface area contributed by atoms with E-state index in [9.17, 15) is 9.59 Å². The number of hydrogen-bond acceptors (Lipinski definition) is 6. The number of esters is 2. The summed E-state index contributed by atoms with van der Waals surface area (Å²) in [6.07, 6.45) is 0.945. The molecule has 0 aromatic heterocycles. The van der Waals surface area contributed by atoms with Crippen LogP contribution in [0.2, 0.25) is 0 Å². The van der Waals surface area contributed by atoms with E-state index in [-0.39, 0.29) is 11.1 Å². The van der Waals surface area contributed by atoms with Gasteiger partial charge in [-0.1, -0.05) is 6.92 Å². The lowest BCUT2D eigenvalue weighted by atomic mass is 10.1. The first-order chi connectivity index (χ1) is 10.1. The highest BCUT2D eigenvalue weighted by atomic mass is 16.5. The summed E-state index contributed by atoms with van der Waals surface area (Å²) < 4.78 is 20.0. The van der Waals surface area contributed by atoms with E-state index >= 15 is 0 Å². The maximum Gasteiger partial charge on any atom is 0.338 e. The Balaban J connectivity index is 2.79. The molecule has 0 amide bonds. The maximum absolute atomic E-state index is 11.7. The van der Waals surface area contributed by atoms with Gasteiger partial charge in [-0.25, -0.2) is 9.59 Å². The van der Waals surface area contributed by atoms with Crippen LogP contribution >= 0.6 is 0 Å². The van der Waals surface area contributed by atoms with Crippen molar-refractivity contribution in [2.45, 2.75) is 13.3 Å². The van der Waals surface area contributed by atoms with Gasteiger partial charge < -0.3 is 18.9 Å². The van der Waals surface area contributed by atoms with Crippen LogP contribution in [0.1, 0.15) is 34.1 Å². The molecule has 1 aromatic rings. The molecular formula is C15H20O6. The summed E-state index contributed by atoms with van der Waals surface area (Å²) in [5.41, 5.74) is 0.246. The lowest BCUT2D eigenvalue weighted by molar-refractivity contribution is 0.0554. The van der Waals surface area contributed by atoms with Gasteiger partial charge in [0.15, 0.2) is 0 Å². The highest BCUT2D eigenvalue weighted by molar-refractivity contribution is 6.03. The fourth-order valence-electron chi connectivity index (χ4n) is 1.64. The minimum absolute atomic E-state index is 0.108. The van der Waals surface area contributed by atoms with Crippen molar-refractivity contribution in [3.8, 4) is 5.75 Å². The molecule has 0 saturated heterocycles.